The van der Waals surface area contributed by atoms with Gasteiger partial charge in [-0.15, -0.1) is 15.3 Å². The molecule has 10 heteroatoms. The van der Waals surface area contributed by atoms with Crippen LogP contribution in [0, 0.1) is 0 Å². The Bertz CT molecular complexity index is 819. The lowest BCUT2D eigenvalue weighted by atomic mass is 9.83. The van der Waals surface area contributed by atoms with Crippen molar-refractivity contribution in [1.82, 2.24) is 29.6 Å². The predicted molar refractivity (Wildman–Crippen MR) is 75.0 cm³/mol. The molecular formula is C13H13F2N7O. The van der Waals surface area contributed by atoms with Crippen molar-refractivity contribution in [1.29, 1.82) is 0 Å². The molecule has 4 rings (SSSR count). The van der Waals surface area contributed by atoms with E-state index in [1.54, 1.807) is 35.3 Å². The van der Waals surface area contributed by atoms with Gasteiger partial charge in [0.2, 0.25) is 5.82 Å². The summed E-state index contributed by atoms with van der Waals surface area (Å²) < 4.78 is 28.4. The van der Waals surface area contributed by atoms with Gasteiger partial charge in [-0.3, -0.25) is 4.68 Å². The van der Waals surface area contributed by atoms with Crippen molar-refractivity contribution in [3.63, 3.8) is 0 Å². The van der Waals surface area contributed by atoms with Gasteiger partial charge >= 0.3 is 0 Å². The number of nitrogens with one attached hydrogen (secondary N) is 1. The van der Waals surface area contributed by atoms with Gasteiger partial charge in [0.05, 0.1) is 18.2 Å². The van der Waals surface area contributed by atoms with E-state index in [2.05, 4.69) is 25.7 Å². The fourth-order valence-electron chi connectivity index (χ4n) is 2.78. The van der Waals surface area contributed by atoms with Crippen LogP contribution in [-0.4, -0.2) is 46.8 Å². The maximum Gasteiger partial charge on any atom is 0.299 e. The molecule has 1 saturated carbocycles. The molecule has 3 atom stereocenters. The summed E-state index contributed by atoms with van der Waals surface area (Å²) in [5, 5.41) is 28.4. The summed E-state index contributed by atoms with van der Waals surface area (Å²) in [5.41, 5.74) is 0.253. The first-order valence-corrected chi connectivity index (χ1v) is 7.08. The average Bonchev–Trinajstić information content (AvgIpc) is 3.15. The summed E-state index contributed by atoms with van der Waals surface area (Å²) in [6.45, 7) is 0. The molecule has 0 aromatic carbocycles. The van der Waals surface area contributed by atoms with Crippen molar-refractivity contribution < 1.29 is 13.9 Å². The molecule has 120 valence electrons. The quantitative estimate of drug-likeness (QED) is 0.746. The summed E-state index contributed by atoms with van der Waals surface area (Å²) in [7, 11) is 0. The zero-order valence-corrected chi connectivity index (χ0v) is 11.8. The van der Waals surface area contributed by atoms with Gasteiger partial charge in [-0.25, -0.2) is 8.78 Å². The van der Waals surface area contributed by atoms with Crippen LogP contribution >= 0.6 is 0 Å². The van der Waals surface area contributed by atoms with Gasteiger partial charge in [0.25, 0.3) is 6.43 Å². The molecular weight excluding hydrogens is 308 g/mol. The molecule has 2 N–H and O–H groups in total. The van der Waals surface area contributed by atoms with Crippen LogP contribution in [0.15, 0.2) is 30.6 Å². The second-order valence-corrected chi connectivity index (χ2v) is 5.38. The number of nitrogens with zero attached hydrogens (tertiary/aromatic N) is 6. The van der Waals surface area contributed by atoms with Gasteiger partial charge in [0.1, 0.15) is 5.82 Å². The number of hydrogen-bond acceptors (Lipinski definition) is 6. The largest absolute Gasteiger partial charge is 0.391 e. The van der Waals surface area contributed by atoms with E-state index in [1.165, 1.54) is 0 Å². The fraction of sp³-hybridized carbons (Fsp3) is 0.385. The minimum atomic E-state index is -2.75. The van der Waals surface area contributed by atoms with E-state index in [1.807, 2.05) is 0 Å². The number of aliphatic hydroxyl groups excluding tert-OH is 1. The standard InChI is InChI=1S/C13H13F2N7O/c14-12(15)13-19-18-10-3-2-9(20-22(10)13)17-7-6-8(23)11(7)21-5-1-4-16-21/h1-5,7-8,11-12,23H,6H2,(H,17,20). The highest BCUT2D eigenvalue weighted by Crippen LogP contribution is 2.34. The van der Waals surface area contributed by atoms with E-state index < -0.39 is 18.4 Å². The summed E-state index contributed by atoms with van der Waals surface area (Å²) >= 11 is 0. The van der Waals surface area contributed by atoms with E-state index in [-0.39, 0.29) is 17.7 Å². The van der Waals surface area contributed by atoms with Crippen LogP contribution in [-0.2, 0) is 0 Å². The van der Waals surface area contributed by atoms with Crippen LogP contribution in [0.3, 0.4) is 0 Å². The van der Waals surface area contributed by atoms with Crippen LogP contribution in [0.25, 0.3) is 5.65 Å². The topological polar surface area (TPSA) is 93.2 Å². The van der Waals surface area contributed by atoms with E-state index in [0.717, 1.165) is 4.52 Å². The minimum absolute atomic E-state index is 0.0960. The Morgan fingerprint density at radius 3 is 2.87 bits per heavy atom. The van der Waals surface area contributed by atoms with Crippen molar-refractivity contribution >= 4 is 11.5 Å². The maximum absolute atomic E-state index is 12.9. The molecule has 0 spiro atoms. The second kappa shape index (κ2) is 5.23. The lowest BCUT2D eigenvalue weighted by Gasteiger charge is -2.42. The van der Waals surface area contributed by atoms with Gasteiger partial charge in [0.15, 0.2) is 5.65 Å². The van der Waals surface area contributed by atoms with Crippen LogP contribution in [0.1, 0.15) is 24.7 Å². The smallest absolute Gasteiger partial charge is 0.299 e. The van der Waals surface area contributed by atoms with Gasteiger partial charge < -0.3 is 10.4 Å². The van der Waals surface area contributed by atoms with Crippen LogP contribution in [0.5, 0.6) is 0 Å². The Balaban J connectivity index is 1.59. The highest BCUT2D eigenvalue weighted by molar-refractivity contribution is 5.45. The van der Waals surface area contributed by atoms with Crippen molar-refractivity contribution in [3.05, 3.63) is 36.4 Å². The zero-order valence-electron chi connectivity index (χ0n) is 11.8. The lowest BCUT2D eigenvalue weighted by Crippen LogP contribution is -2.51. The predicted octanol–water partition coefficient (Wildman–Crippen LogP) is 1.04. The molecule has 0 aliphatic heterocycles. The van der Waals surface area contributed by atoms with Gasteiger partial charge in [-0.1, -0.05) is 0 Å². The van der Waals surface area contributed by atoms with E-state index in [9.17, 15) is 13.9 Å². The molecule has 0 saturated heterocycles. The number of hydrogen-bond donors (Lipinski definition) is 2. The SMILES string of the molecule is OC1CC(Nc2ccc3nnc(C(F)F)n3n2)C1n1cccn1. The Morgan fingerprint density at radius 2 is 2.17 bits per heavy atom. The highest BCUT2D eigenvalue weighted by Gasteiger charge is 2.42. The lowest BCUT2D eigenvalue weighted by molar-refractivity contribution is 0.0133. The third-order valence-electron chi connectivity index (χ3n) is 3.95. The maximum atomic E-state index is 12.9. The number of aliphatic hydroxyl groups is 1. The van der Waals surface area contributed by atoms with E-state index in [4.69, 9.17) is 0 Å². The van der Waals surface area contributed by atoms with E-state index >= 15 is 0 Å². The first-order valence-electron chi connectivity index (χ1n) is 7.08. The third kappa shape index (κ3) is 2.31. The van der Waals surface area contributed by atoms with Crippen LogP contribution < -0.4 is 5.32 Å². The fourth-order valence-corrected chi connectivity index (χ4v) is 2.78. The van der Waals surface area contributed by atoms with Crippen molar-refractivity contribution in [2.45, 2.75) is 31.0 Å². The molecule has 3 aromatic heterocycles. The summed E-state index contributed by atoms with van der Waals surface area (Å²) in [6, 6.07) is 4.66. The van der Waals surface area contributed by atoms with E-state index in [0.29, 0.717) is 12.2 Å². The summed E-state index contributed by atoms with van der Waals surface area (Å²) in [4.78, 5) is 0. The molecule has 0 bridgehead atoms. The van der Waals surface area contributed by atoms with Crippen molar-refractivity contribution in [3.8, 4) is 0 Å². The Morgan fingerprint density at radius 1 is 1.30 bits per heavy atom. The number of anilines is 1. The molecule has 8 nitrogen and oxygen atoms in total. The molecule has 0 amide bonds. The Kier molecular flexibility index (Phi) is 3.18. The monoisotopic (exact) mass is 321 g/mol. The summed E-state index contributed by atoms with van der Waals surface area (Å²) in [5.74, 6) is -0.0887. The zero-order chi connectivity index (χ0) is 16.0. The summed E-state index contributed by atoms with van der Waals surface area (Å²) in [6.07, 6.45) is 0.664. The van der Waals surface area contributed by atoms with Crippen molar-refractivity contribution in [2.75, 3.05) is 5.32 Å². The normalized spacial score (nSPS) is 24.1. The number of halogens is 2. The first-order chi connectivity index (χ1) is 11.1. The number of aromatic nitrogens is 6. The molecule has 3 aromatic rings. The molecule has 3 unspecified atom stereocenters. The molecule has 3 heterocycles. The number of fused-ring (bicyclic) bond motifs is 1. The van der Waals surface area contributed by atoms with Gasteiger partial charge in [0, 0.05) is 12.4 Å². The Labute approximate surface area is 128 Å². The molecule has 1 aliphatic carbocycles. The second-order valence-electron chi connectivity index (χ2n) is 5.38. The molecule has 0 radical (unpaired) electrons. The van der Waals surface area contributed by atoms with Crippen LogP contribution in [0.4, 0.5) is 14.6 Å². The number of rotatable bonds is 4. The molecule has 23 heavy (non-hydrogen) atoms. The molecule has 1 fully saturated rings. The van der Waals surface area contributed by atoms with Gasteiger partial charge in [-0.05, 0) is 24.6 Å². The highest BCUT2D eigenvalue weighted by atomic mass is 19.3. The average molecular weight is 321 g/mol. The van der Waals surface area contributed by atoms with Crippen LogP contribution in [0.2, 0.25) is 0 Å². The van der Waals surface area contributed by atoms with Gasteiger partial charge in [-0.2, -0.15) is 9.61 Å². The van der Waals surface area contributed by atoms with Crippen molar-refractivity contribution in [2.24, 2.45) is 0 Å². The minimum Gasteiger partial charge on any atom is -0.391 e. The number of alkyl halides is 2. The Hall–Kier alpha value is -2.62. The molecule has 1 aliphatic rings. The first kappa shape index (κ1) is 14.0. The third-order valence-corrected chi connectivity index (χ3v) is 3.95.